The number of hydrogen-bond donors (Lipinski definition) is 2. The van der Waals surface area contributed by atoms with Crippen molar-refractivity contribution in [1.82, 2.24) is 4.90 Å². The number of aliphatic hydroxyl groups excluding tert-OH is 1. The van der Waals surface area contributed by atoms with Crippen molar-refractivity contribution in [2.45, 2.75) is 25.1 Å². The fraction of sp³-hybridized carbons (Fsp3) is 0.308. The zero-order valence-electron chi connectivity index (χ0n) is 10.5. The summed E-state index contributed by atoms with van der Waals surface area (Å²) in [5, 5.41) is 10.1. The lowest BCUT2D eigenvalue weighted by atomic mass is 10.1. The molecular formula is C13H13FN2O4. The number of hydrogen-bond acceptors (Lipinski definition) is 4. The van der Waals surface area contributed by atoms with Crippen LogP contribution in [0.1, 0.15) is 35.0 Å². The van der Waals surface area contributed by atoms with E-state index in [1.165, 1.54) is 12.1 Å². The molecule has 0 fully saturated rings. The predicted molar refractivity (Wildman–Crippen MR) is 65.8 cm³/mol. The van der Waals surface area contributed by atoms with E-state index in [9.17, 15) is 23.9 Å². The first-order chi connectivity index (χ1) is 9.49. The number of halogens is 1. The van der Waals surface area contributed by atoms with Crippen LogP contribution < -0.4 is 5.73 Å². The van der Waals surface area contributed by atoms with Gasteiger partial charge in [-0.05, 0) is 12.5 Å². The van der Waals surface area contributed by atoms with Gasteiger partial charge in [0.1, 0.15) is 18.1 Å². The average molecular weight is 280 g/mol. The highest BCUT2D eigenvalue weighted by molar-refractivity contribution is 6.01. The number of fused-ring (bicyclic) bond motifs is 1. The standard InChI is InChI=1S/C13H13FN2O4/c14-8-4-1-3-7-10(8)13(20)16(12(7)19)9(11(15)18)5-2-6-17/h1,3-4,6,9,12,19H,2,5H2,(H2,15,18). The number of carbonyl (C=O) groups excluding carboxylic acids is 3. The molecule has 2 rings (SSSR count). The van der Waals surface area contributed by atoms with Gasteiger partial charge in [0.25, 0.3) is 5.91 Å². The molecule has 1 heterocycles. The summed E-state index contributed by atoms with van der Waals surface area (Å²) in [6.45, 7) is 0. The molecule has 6 nitrogen and oxygen atoms in total. The first-order valence-electron chi connectivity index (χ1n) is 6.01. The molecule has 0 aliphatic carbocycles. The van der Waals surface area contributed by atoms with Gasteiger partial charge in [0.2, 0.25) is 5.91 Å². The van der Waals surface area contributed by atoms with Gasteiger partial charge in [-0.15, -0.1) is 0 Å². The summed E-state index contributed by atoms with van der Waals surface area (Å²) < 4.78 is 13.7. The van der Waals surface area contributed by atoms with Crippen molar-refractivity contribution in [3.8, 4) is 0 Å². The molecule has 3 N–H and O–H groups in total. The molecule has 2 atom stereocenters. The van der Waals surface area contributed by atoms with Crippen LogP contribution >= 0.6 is 0 Å². The van der Waals surface area contributed by atoms with Gasteiger partial charge < -0.3 is 15.6 Å². The molecule has 0 aromatic heterocycles. The summed E-state index contributed by atoms with van der Waals surface area (Å²) in [4.78, 5) is 34.8. The number of nitrogens with zero attached hydrogens (tertiary/aromatic N) is 1. The molecule has 0 radical (unpaired) electrons. The van der Waals surface area contributed by atoms with E-state index in [1.807, 2.05) is 0 Å². The van der Waals surface area contributed by atoms with Crippen LogP contribution in [0.5, 0.6) is 0 Å². The Labute approximate surface area is 114 Å². The maximum atomic E-state index is 13.7. The van der Waals surface area contributed by atoms with E-state index in [0.29, 0.717) is 6.29 Å². The van der Waals surface area contributed by atoms with Gasteiger partial charge in [0.05, 0.1) is 5.56 Å². The summed E-state index contributed by atoms with van der Waals surface area (Å²) in [6.07, 6.45) is -0.881. The van der Waals surface area contributed by atoms with Crippen molar-refractivity contribution in [2.24, 2.45) is 5.73 Å². The third-order valence-corrected chi connectivity index (χ3v) is 3.26. The number of rotatable bonds is 5. The monoisotopic (exact) mass is 280 g/mol. The molecule has 0 spiro atoms. The summed E-state index contributed by atoms with van der Waals surface area (Å²) >= 11 is 0. The summed E-state index contributed by atoms with van der Waals surface area (Å²) in [7, 11) is 0. The lowest BCUT2D eigenvalue weighted by Crippen LogP contribution is -2.46. The van der Waals surface area contributed by atoms with Gasteiger partial charge in [-0.2, -0.15) is 0 Å². The molecule has 0 saturated carbocycles. The molecular weight excluding hydrogens is 267 g/mol. The SMILES string of the molecule is NC(=O)C(CCC=O)N1C(=O)c2c(F)cccc2C1O. The van der Waals surface area contributed by atoms with Crippen LogP contribution in [-0.2, 0) is 9.59 Å². The average Bonchev–Trinajstić information content (AvgIpc) is 2.65. The number of primary amides is 1. The minimum atomic E-state index is -1.45. The Morgan fingerprint density at radius 3 is 2.80 bits per heavy atom. The zero-order valence-corrected chi connectivity index (χ0v) is 10.5. The zero-order chi connectivity index (χ0) is 14.9. The van der Waals surface area contributed by atoms with Crippen molar-refractivity contribution in [3.63, 3.8) is 0 Å². The summed E-state index contributed by atoms with van der Waals surface area (Å²) in [5.74, 6) is -2.43. The molecule has 1 aromatic carbocycles. The van der Waals surface area contributed by atoms with Crippen molar-refractivity contribution in [2.75, 3.05) is 0 Å². The van der Waals surface area contributed by atoms with Crippen molar-refractivity contribution in [1.29, 1.82) is 0 Å². The molecule has 2 unspecified atom stereocenters. The number of benzene rings is 1. The lowest BCUT2D eigenvalue weighted by molar-refractivity contribution is -0.126. The second-order valence-corrected chi connectivity index (χ2v) is 4.45. The van der Waals surface area contributed by atoms with Crippen LogP contribution in [0, 0.1) is 5.82 Å². The Hall–Kier alpha value is -2.28. The molecule has 1 aromatic rings. The highest BCUT2D eigenvalue weighted by atomic mass is 19.1. The Morgan fingerprint density at radius 2 is 2.25 bits per heavy atom. The molecule has 20 heavy (non-hydrogen) atoms. The van der Waals surface area contributed by atoms with Crippen molar-refractivity contribution >= 4 is 18.1 Å². The maximum Gasteiger partial charge on any atom is 0.260 e. The Kier molecular flexibility index (Phi) is 3.80. The quantitative estimate of drug-likeness (QED) is 0.747. The van der Waals surface area contributed by atoms with E-state index in [4.69, 9.17) is 5.73 Å². The Morgan fingerprint density at radius 1 is 1.55 bits per heavy atom. The summed E-state index contributed by atoms with van der Waals surface area (Å²) in [5.41, 5.74) is 5.02. The van der Waals surface area contributed by atoms with E-state index >= 15 is 0 Å². The van der Waals surface area contributed by atoms with E-state index in [0.717, 1.165) is 11.0 Å². The number of aldehydes is 1. The molecule has 1 aliphatic heterocycles. The van der Waals surface area contributed by atoms with Gasteiger partial charge in [0, 0.05) is 12.0 Å². The number of nitrogens with two attached hydrogens (primary N) is 1. The Bertz CT molecular complexity index is 575. The van der Waals surface area contributed by atoms with Gasteiger partial charge >= 0.3 is 0 Å². The van der Waals surface area contributed by atoms with Gasteiger partial charge in [-0.1, -0.05) is 12.1 Å². The molecule has 0 saturated heterocycles. The van der Waals surface area contributed by atoms with Gasteiger partial charge in [0.15, 0.2) is 6.23 Å². The molecule has 106 valence electrons. The molecule has 7 heteroatoms. The minimum Gasteiger partial charge on any atom is -0.369 e. The number of amides is 2. The highest BCUT2D eigenvalue weighted by Gasteiger charge is 2.43. The first kappa shape index (κ1) is 14.1. The topological polar surface area (TPSA) is 101 Å². The second-order valence-electron chi connectivity index (χ2n) is 4.45. The van der Waals surface area contributed by atoms with Crippen molar-refractivity contribution < 1.29 is 23.9 Å². The third kappa shape index (κ3) is 2.16. The van der Waals surface area contributed by atoms with Crippen LogP contribution in [0.15, 0.2) is 18.2 Å². The molecule has 2 amide bonds. The fourth-order valence-corrected chi connectivity index (χ4v) is 2.33. The van der Waals surface area contributed by atoms with E-state index < -0.39 is 29.9 Å². The number of aliphatic hydroxyl groups is 1. The Balaban J connectivity index is 2.39. The smallest absolute Gasteiger partial charge is 0.260 e. The second kappa shape index (κ2) is 5.38. The van der Waals surface area contributed by atoms with E-state index in [-0.39, 0.29) is 24.0 Å². The molecule has 0 bridgehead atoms. The van der Waals surface area contributed by atoms with Gasteiger partial charge in [-0.3, -0.25) is 14.5 Å². The maximum absolute atomic E-state index is 13.7. The normalized spacial score (nSPS) is 18.8. The van der Waals surface area contributed by atoms with Crippen LogP contribution in [0.3, 0.4) is 0 Å². The van der Waals surface area contributed by atoms with Crippen LogP contribution in [0.25, 0.3) is 0 Å². The van der Waals surface area contributed by atoms with Crippen molar-refractivity contribution in [3.05, 3.63) is 35.1 Å². The summed E-state index contributed by atoms with van der Waals surface area (Å²) in [6, 6.07) is 2.70. The van der Waals surface area contributed by atoms with Crippen LogP contribution in [-0.4, -0.2) is 34.1 Å². The first-order valence-corrected chi connectivity index (χ1v) is 6.01. The van der Waals surface area contributed by atoms with Crippen LogP contribution in [0.4, 0.5) is 4.39 Å². The predicted octanol–water partition coefficient (Wildman–Crippen LogP) is 0.105. The minimum absolute atomic E-state index is 0.00291. The third-order valence-electron chi connectivity index (χ3n) is 3.26. The van der Waals surface area contributed by atoms with E-state index in [2.05, 4.69) is 0 Å². The fourth-order valence-electron chi connectivity index (χ4n) is 2.33. The van der Waals surface area contributed by atoms with Crippen LogP contribution in [0.2, 0.25) is 0 Å². The molecule has 1 aliphatic rings. The van der Waals surface area contributed by atoms with Gasteiger partial charge in [-0.25, -0.2) is 4.39 Å². The van der Waals surface area contributed by atoms with E-state index in [1.54, 1.807) is 0 Å². The number of carbonyl (C=O) groups is 3. The highest BCUT2D eigenvalue weighted by Crippen LogP contribution is 2.35. The largest absolute Gasteiger partial charge is 0.369 e. The lowest BCUT2D eigenvalue weighted by Gasteiger charge is -2.28.